The molecule has 10 heteroatoms. The van der Waals surface area contributed by atoms with Gasteiger partial charge >= 0.3 is 110 Å². The third kappa shape index (κ3) is 12.7. The van der Waals surface area contributed by atoms with Crippen molar-refractivity contribution in [2.24, 2.45) is 0 Å². The fraction of sp³-hybridized carbons (Fsp3) is 0.235. The average Bonchev–Trinajstić information content (AvgIpc) is 2.53. The molecule has 2 aromatic carbocycles. The number of hydrogen-bond acceptors (Lipinski definition) is 3. The summed E-state index contributed by atoms with van der Waals surface area (Å²) in [6.07, 6.45) is 0.572. The van der Waals surface area contributed by atoms with Gasteiger partial charge in [-0.15, -0.1) is 0 Å². The molecule has 6 nitrogen and oxygen atoms in total. The van der Waals surface area contributed by atoms with E-state index in [-0.39, 0.29) is 106 Å². The van der Waals surface area contributed by atoms with Gasteiger partial charge in [-0.2, -0.15) is 0 Å². The molecular formula is C17H21ClK2NO5P. The summed E-state index contributed by atoms with van der Waals surface area (Å²) in [5.41, 5.74) is 1.04. The van der Waals surface area contributed by atoms with Crippen LogP contribution in [0.5, 0.6) is 11.5 Å². The Morgan fingerprint density at radius 3 is 2.41 bits per heavy atom. The largest absolute Gasteiger partial charge is 1.00 e. The van der Waals surface area contributed by atoms with Crippen molar-refractivity contribution in [2.45, 2.75) is 12.8 Å². The van der Waals surface area contributed by atoms with Gasteiger partial charge < -0.3 is 22.7 Å². The van der Waals surface area contributed by atoms with Gasteiger partial charge in [-0.1, -0.05) is 23.7 Å². The number of hydrogen-bond donors (Lipinski definition) is 3. The van der Waals surface area contributed by atoms with Gasteiger partial charge in [0.2, 0.25) is 5.91 Å². The molecule has 2 aromatic rings. The second-order valence-corrected chi connectivity index (χ2v) is 7.56. The quantitative estimate of drug-likeness (QED) is 0.230. The first kappa shape index (κ1) is 28.4. The number of halogens is 1. The molecule has 138 valence electrons. The predicted molar refractivity (Wildman–Crippen MR) is 98.4 cm³/mol. The van der Waals surface area contributed by atoms with Gasteiger partial charge in [0, 0.05) is 11.6 Å². The molecule has 0 bridgehead atoms. The van der Waals surface area contributed by atoms with Crippen LogP contribution in [-0.2, 0) is 15.8 Å². The number of amides is 1. The van der Waals surface area contributed by atoms with Crippen molar-refractivity contribution in [3.05, 3.63) is 59.1 Å². The van der Waals surface area contributed by atoms with E-state index in [2.05, 4.69) is 5.32 Å². The summed E-state index contributed by atoms with van der Waals surface area (Å²) < 4.78 is 16.5. The molecular weight excluding hydrogens is 443 g/mol. The molecule has 0 aromatic heterocycles. The standard InChI is InChI=1S/C17H19ClNO5P.2K.2H/c18-14-6-8-15(9-7-14)24-16-5-1-3-13(11-16)4-2-10-19-17(20)12-25(21,22)23;;;;/h1,3,5-9,11H,2,4,10,12H2,(H,19,20)(H2,21,22,23);;;;/q;2*+1;2*-1. The number of ether oxygens (including phenoxy) is 1. The second kappa shape index (κ2) is 14.4. The van der Waals surface area contributed by atoms with Crippen LogP contribution in [0.4, 0.5) is 0 Å². The van der Waals surface area contributed by atoms with Crippen LogP contribution in [0.1, 0.15) is 14.8 Å². The summed E-state index contributed by atoms with van der Waals surface area (Å²) in [5.74, 6) is 0.741. The Kier molecular flexibility index (Phi) is 15.2. The van der Waals surface area contributed by atoms with Crippen molar-refractivity contribution in [1.29, 1.82) is 0 Å². The molecule has 0 radical (unpaired) electrons. The van der Waals surface area contributed by atoms with E-state index in [1.54, 1.807) is 24.3 Å². The normalized spacial score (nSPS) is 10.3. The first-order valence-corrected chi connectivity index (χ1v) is 9.83. The zero-order valence-corrected chi connectivity index (χ0v) is 23.3. The van der Waals surface area contributed by atoms with E-state index in [9.17, 15) is 9.36 Å². The maximum absolute atomic E-state index is 11.3. The smallest absolute Gasteiger partial charge is 1.00 e. The van der Waals surface area contributed by atoms with E-state index in [1.807, 2.05) is 24.3 Å². The summed E-state index contributed by atoms with van der Waals surface area (Å²) >= 11 is 5.84. The third-order valence-corrected chi connectivity index (χ3v) is 4.21. The molecule has 27 heavy (non-hydrogen) atoms. The van der Waals surface area contributed by atoms with Crippen LogP contribution in [0.3, 0.4) is 0 Å². The molecule has 0 unspecified atom stereocenters. The molecule has 0 saturated heterocycles. The number of aryl methyl sites for hydroxylation is 1. The molecule has 0 aliphatic carbocycles. The van der Waals surface area contributed by atoms with Crippen LogP contribution < -0.4 is 113 Å². The average molecular weight is 464 g/mol. The molecule has 0 aliphatic heterocycles. The molecule has 0 spiro atoms. The number of rotatable bonds is 8. The summed E-state index contributed by atoms with van der Waals surface area (Å²) in [6, 6.07) is 14.7. The van der Waals surface area contributed by atoms with Gasteiger partial charge in [-0.25, -0.2) is 0 Å². The molecule has 0 aliphatic rings. The van der Waals surface area contributed by atoms with E-state index >= 15 is 0 Å². The third-order valence-electron chi connectivity index (χ3n) is 3.26. The fourth-order valence-electron chi connectivity index (χ4n) is 2.17. The van der Waals surface area contributed by atoms with E-state index in [0.29, 0.717) is 35.9 Å². The summed E-state index contributed by atoms with van der Waals surface area (Å²) in [7, 11) is -4.31. The van der Waals surface area contributed by atoms with Crippen LogP contribution >= 0.6 is 19.2 Å². The van der Waals surface area contributed by atoms with Crippen molar-refractivity contribution in [3.63, 3.8) is 0 Å². The van der Waals surface area contributed by atoms with Crippen molar-refractivity contribution in [2.75, 3.05) is 12.7 Å². The minimum atomic E-state index is -4.31. The molecule has 3 N–H and O–H groups in total. The van der Waals surface area contributed by atoms with Gasteiger partial charge in [0.25, 0.3) is 0 Å². The van der Waals surface area contributed by atoms with Crippen molar-refractivity contribution in [1.82, 2.24) is 5.32 Å². The Labute approximate surface area is 251 Å². The SMILES string of the molecule is O=C(CP(=O)(O)O)NCCCc1cccc(Oc2ccc(Cl)cc2)c1.[H-].[H-].[K+].[K+]. The Bertz CT molecular complexity index is 781. The van der Waals surface area contributed by atoms with Crippen molar-refractivity contribution in [3.8, 4) is 11.5 Å². The van der Waals surface area contributed by atoms with Crippen molar-refractivity contribution < 1.29 is 130 Å². The molecule has 2 rings (SSSR count). The first-order valence-electron chi connectivity index (χ1n) is 7.65. The maximum Gasteiger partial charge on any atom is 1.00 e. The second-order valence-electron chi connectivity index (χ2n) is 5.48. The molecule has 1 amide bonds. The van der Waals surface area contributed by atoms with E-state index in [0.717, 1.165) is 5.56 Å². The summed E-state index contributed by atoms with van der Waals surface area (Å²) in [5, 5.41) is 3.13. The van der Waals surface area contributed by atoms with Gasteiger partial charge in [0.05, 0.1) is 0 Å². The Morgan fingerprint density at radius 2 is 1.78 bits per heavy atom. The topological polar surface area (TPSA) is 95.9 Å². The molecule has 0 fully saturated rings. The Morgan fingerprint density at radius 1 is 1.11 bits per heavy atom. The molecule has 0 saturated carbocycles. The molecule has 0 heterocycles. The van der Waals surface area contributed by atoms with Crippen molar-refractivity contribution >= 4 is 25.1 Å². The number of carbonyl (C=O) groups excluding carboxylic acids is 1. The van der Waals surface area contributed by atoms with Crippen LogP contribution in [-0.4, -0.2) is 28.4 Å². The van der Waals surface area contributed by atoms with Crippen LogP contribution in [0, 0.1) is 0 Å². The van der Waals surface area contributed by atoms with E-state index in [1.165, 1.54) is 0 Å². The minimum absolute atomic E-state index is 0. The van der Waals surface area contributed by atoms with Crippen LogP contribution in [0.2, 0.25) is 5.02 Å². The summed E-state index contributed by atoms with van der Waals surface area (Å²) in [6.45, 7) is 0.348. The Hall–Kier alpha value is 1.42. The first-order chi connectivity index (χ1) is 11.8. The zero-order valence-electron chi connectivity index (χ0n) is 17.4. The van der Waals surface area contributed by atoms with E-state index < -0.39 is 19.7 Å². The number of nitrogens with one attached hydrogen (secondary N) is 1. The summed E-state index contributed by atoms with van der Waals surface area (Å²) in [4.78, 5) is 28.8. The van der Waals surface area contributed by atoms with Gasteiger partial charge in [0.1, 0.15) is 17.7 Å². The maximum atomic E-state index is 11.3. The Balaban J connectivity index is -0.00000169. The van der Waals surface area contributed by atoms with Gasteiger partial charge in [-0.3, -0.25) is 9.36 Å². The minimum Gasteiger partial charge on any atom is -1.00 e. The fourth-order valence-corrected chi connectivity index (χ4v) is 2.78. The monoisotopic (exact) mass is 463 g/mol. The zero-order chi connectivity index (χ0) is 18.3. The van der Waals surface area contributed by atoms with E-state index in [4.69, 9.17) is 26.1 Å². The number of benzene rings is 2. The number of carbonyl (C=O) groups is 1. The van der Waals surface area contributed by atoms with Crippen LogP contribution in [0.25, 0.3) is 0 Å². The predicted octanol–water partition coefficient (Wildman–Crippen LogP) is -2.41. The molecule has 0 atom stereocenters. The van der Waals surface area contributed by atoms with Gasteiger partial charge in [-0.05, 0) is 54.8 Å². The van der Waals surface area contributed by atoms with Gasteiger partial charge in [0.15, 0.2) is 0 Å². The van der Waals surface area contributed by atoms with Crippen LogP contribution in [0.15, 0.2) is 48.5 Å².